The highest BCUT2D eigenvalue weighted by Gasteiger charge is 2.22. The first-order valence-electron chi connectivity index (χ1n) is 7.52. The van der Waals surface area contributed by atoms with Gasteiger partial charge in [0, 0.05) is 19.5 Å². The largest absolute Gasteiger partial charge is 0.476 e. The number of hydrogen-bond donors (Lipinski definition) is 1. The van der Waals surface area contributed by atoms with E-state index in [0.717, 1.165) is 31.7 Å². The predicted molar refractivity (Wildman–Crippen MR) is 81.1 cm³/mol. The molecule has 2 N–H and O–H groups in total. The molecule has 1 aromatic rings. The van der Waals surface area contributed by atoms with E-state index in [0.29, 0.717) is 30.7 Å². The van der Waals surface area contributed by atoms with E-state index < -0.39 is 0 Å². The van der Waals surface area contributed by atoms with Gasteiger partial charge in [0.05, 0.1) is 19.0 Å². The van der Waals surface area contributed by atoms with Crippen LogP contribution in [0.4, 0.5) is 5.82 Å². The predicted octanol–water partition coefficient (Wildman–Crippen LogP) is 1.60. The first kappa shape index (κ1) is 15.5. The number of piperidine rings is 1. The molecule has 116 valence electrons. The molecule has 21 heavy (non-hydrogen) atoms. The standard InChI is InChI=1S/C15H24N4O2/c1-11(2)10-21-15-8-17-7-14(18-15)19-5-3-4-12(9-19)6-13(16)20/h7-8,11-12H,3-6,9-10H2,1-2H3,(H2,16,20)/t12-/m0/s1. The molecule has 0 bridgehead atoms. The minimum absolute atomic E-state index is 0.234. The van der Waals surface area contributed by atoms with Crippen LogP contribution in [0.15, 0.2) is 12.4 Å². The summed E-state index contributed by atoms with van der Waals surface area (Å²) < 4.78 is 5.62. The van der Waals surface area contributed by atoms with Gasteiger partial charge in [-0.1, -0.05) is 13.8 Å². The van der Waals surface area contributed by atoms with Crippen molar-refractivity contribution in [1.82, 2.24) is 9.97 Å². The summed E-state index contributed by atoms with van der Waals surface area (Å²) in [6.45, 7) is 6.54. The van der Waals surface area contributed by atoms with Gasteiger partial charge in [-0.05, 0) is 24.7 Å². The van der Waals surface area contributed by atoms with E-state index in [1.807, 2.05) is 0 Å². The minimum Gasteiger partial charge on any atom is -0.476 e. The van der Waals surface area contributed by atoms with Crippen LogP contribution >= 0.6 is 0 Å². The molecule has 0 spiro atoms. The number of ether oxygens (including phenoxy) is 1. The topological polar surface area (TPSA) is 81.3 Å². The van der Waals surface area contributed by atoms with Gasteiger partial charge in [0.2, 0.25) is 11.8 Å². The summed E-state index contributed by atoms with van der Waals surface area (Å²) in [7, 11) is 0. The Morgan fingerprint density at radius 2 is 2.33 bits per heavy atom. The number of rotatable bonds is 6. The van der Waals surface area contributed by atoms with Crippen molar-refractivity contribution < 1.29 is 9.53 Å². The van der Waals surface area contributed by atoms with Crippen LogP contribution in [0.2, 0.25) is 0 Å². The van der Waals surface area contributed by atoms with Gasteiger partial charge in [-0.25, -0.2) is 0 Å². The molecule has 0 saturated carbocycles. The van der Waals surface area contributed by atoms with Gasteiger partial charge in [-0.2, -0.15) is 4.98 Å². The van der Waals surface area contributed by atoms with Crippen LogP contribution in [0.1, 0.15) is 33.1 Å². The van der Waals surface area contributed by atoms with Crippen molar-refractivity contribution in [1.29, 1.82) is 0 Å². The third kappa shape index (κ3) is 4.88. The zero-order chi connectivity index (χ0) is 15.2. The van der Waals surface area contributed by atoms with Crippen LogP contribution in [0, 0.1) is 11.8 Å². The summed E-state index contributed by atoms with van der Waals surface area (Å²) in [6.07, 6.45) is 5.90. The summed E-state index contributed by atoms with van der Waals surface area (Å²) in [5, 5.41) is 0. The minimum atomic E-state index is -0.234. The lowest BCUT2D eigenvalue weighted by Crippen LogP contribution is -2.37. The van der Waals surface area contributed by atoms with Gasteiger partial charge in [-0.3, -0.25) is 9.78 Å². The Bertz CT molecular complexity index is 478. The molecule has 1 aromatic heterocycles. The molecule has 1 aliphatic rings. The third-order valence-electron chi connectivity index (χ3n) is 3.50. The molecule has 2 heterocycles. The van der Waals surface area contributed by atoms with Crippen molar-refractivity contribution >= 4 is 11.7 Å². The number of carbonyl (C=O) groups excluding carboxylic acids is 1. The second-order valence-electron chi connectivity index (χ2n) is 6.05. The second-order valence-corrected chi connectivity index (χ2v) is 6.05. The molecule has 1 amide bonds. The second kappa shape index (κ2) is 7.24. The zero-order valence-corrected chi connectivity index (χ0v) is 12.8. The number of nitrogens with two attached hydrogens (primary N) is 1. The Morgan fingerprint density at radius 3 is 3.05 bits per heavy atom. The molecular weight excluding hydrogens is 268 g/mol. The average molecular weight is 292 g/mol. The normalized spacial score (nSPS) is 18.8. The van der Waals surface area contributed by atoms with E-state index in [-0.39, 0.29) is 5.91 Å². The third-order valence-corrected chi connectivity index (χ3v) is 3.50. The van der Waals surface area contributed by atoms with Crippen molar-refractivity contribution in [3.05, 3.63) is 12.4 Å². The fraction of sp³-hybridized carbons (Fsp3) is 0.667. The maximum atomic E-state index is 11.1. The summed E-state index contributed by atoms with van der Waals surface area (Å²) in [5.41, 5.74) is 5.29. The molecule has 1 fully saturated rings. The SMILES string of the molecule is CC(C)COc1cncc(N2CCC[C@@H](CC(N)=O)C2)n1. The fourth-order valence-corrected chi connectivity index (χ4v) is 2.54. The van der Waals surface area contributed by atoms with E-state index in [1.54, 1.807) is 12.4 Å². The molecule has 0 radical (unpaired) electrons. The molecular formula is C15H24N4O2. The van der Waals surface area contributed by atoms with E-state index in [4.69, 9.17) is 10.5 Å². The van der Waals surface area contributed by atoms with Crippen molar-refractivity contribution in [3.63, 3.8) is 0 Å². The molecule has 1 atom stereocenters. The molecule has 1 saturated heterocycles. The van der Waals surface area contributed by atoms with Gasteiger partial charge >= 0.3 is 0 Å². The van der Waals surface area contributed by atoms with Crippen LogP contribution in [-0.4, -0.2) is 35.6 Å². The maximum Gasteiger partial charge on any atom is 0.234 e. The number of carbonyl (C=O) groups is 1. The highest BCUT2D eigenvalue weighted by atomic mass is 16.5. The lowest BCUT2D eigenvalue weighted by molar-refractivity contribution is -0.118. The fourth-order valence-electron chi connectivity index (χ4n) is 2.54. The summed E-state index contributed by atoms with van der Waals surface area (Å²) >= 11 is 0. The average Bonchev–Trinajstić information content (AvgIpc) is 2.45. The van der Waals surface area contributed by atoms with Gasteiger partial charge < -0.3 is 15.4 Å². The Balaban J connectivity index is 2.00. The number of aromatic nitrogens is 2. The summed E-state index contributed by atoms with van der Waals surface area (Å²) in [4.78, 5) is 21.9. The molecule has 0 aliphatic carbocycles. The molecule has 1 aliphatic heterocycles. The summed E-state index contributed by atoms with van der Waals surface area (Å²) in [6, 6.07) is 0. The van der Waals surface area contributed by atoms with Gasteiger partial charge in [0.1, 0.15) is 0 Å². The van der Waals surface area contributed by atoms with Gasteiger partial charge in [0.25, 0.3) is 0 Å². The molecule has 2 rings (SSSR count). The van der Waals surface area contributed by atoms with Crippen LogP contribution in [0.5, 0.6) is 5.88 Å². The van der Waals surface area contributed by atoms with Crippen molar-refractivity contribution in [2.24, 2.45) is 17.6 Å². The lowest BCUT2D eigenvalue weighted by atomic mass is 9.94. The van der Waals surface area contributed by atoms with Crippen LogP contribution in [-0.2, 0) is 4.79 Å². The molecule has 6 nitrogen and oxygen atoms in total. The number of nitrogens with zero attached hydrogens (tertiary/aromatic N) is 3. The first-order chi connectivity index (χ1) is 10.0. The van der Waals surface area contributed by atoms with Crippen LogP contribution in [0.3, 0.4) is 0 Å². The number of anilines is 1. The zero-order valence-electron chi connectivity index (χ0n) is 12.8. The van der Waals surface area contributed by atoms with Crippen molar-refractivity contribution in [2.75, 3.05) is 24.6 Å². The van der Waals surface area contributed by atoms with Gasteiger partial charge in [-0.15, -0.1) is 0 Å². The lowest BCUT2D eigenvalue weighted by Gasteiger charge is -2.33. The van der Waals surface area contributed by atoms with Crippen molar-refractivity contribution in [3.8, 4) is 5.88 Å². The Kier molecular flexibility index (Phi) is 5.36. The number of hydrogen-bond acceptors (Lipinski definition) is 5. The Labute approximate surface area is 125 Å². The van der Waals surface area contributed by atoms with Crippen LogP contribution in [0.25, 0.3) is 0 Å². The highest BCUT2D eigenvalue weighted by Crippen LogP contribution is 2.24. The Hall–Kier alpha value is -1.85. The van der Waals surface area contributed by atoms with Crippen molar-refractivity contribution in [2.45, 2.75) is 33.1 Å². The number of amides is 1. The van der Waals surface area contributed by atoms with E-state index in [1.165, 1.54) is 0 Å². The smallest absolute Gasteiger partial charge is 0.234 e. The van der Waals surface area contributed by atoms with E-state index in [9.17, 15) is 4.79 Å². The molecule has 6 heteroatoms. The van der Waals surface area contributed by atoms with E-state index >= 15 is 0 Å². The first-order valence-corrected chi connectivity index (χ1v) is 7.52. The van der Waals surface area contributed by atoms with Gasteiger partial charge in [0.15, 0.2) is 5.82 Å². The molecule has 0 aromatic carbocycles. The maximum absolute atomic E-state index is 11.1. The van der Waals surface area contributed by atoms with Crippen LogP contribution < -0.4 is 15.4 Å². The quantitative estimate of drug-likeness (QED) is 0.861. The highest BCUT2D eigenvalue weighted by molar-refractivity contribution is 5.74. The molecule has 0 unspecified atom stereocenters. The monoisotopic (exact) mass is 292 g/mol. The number of primary amides is 1. The Morgan fingerprint density at radius 1 is 1.52 bits per heavy atom. The van der Waals surface area contributed by atoms with E-state index in [2.05, 4.69) is 28.7 Å². The summed E-state index contributed by atoms with van der Waals surface area (Å²) in [5.74, 6) is 1.88.